The van der Waals surface area contributed by atoms with Crippen molar-refractivity contribution in [2.75, 3.05) is 0 Å². The lowest BCUT2D eigenvalue weighted by Crippen LogP contribution is -2.27. The monoisotopic (exact) mass is 431 g/mol. The number of nitrogens with one attached hydrogen (secondary N) is 1. The Labute approximate surface area is 176 Å². The fraction of sp³-hybridized carbons (Fsp3) is 0.100. The normalized spacial score (nSPS) is 11.6. The quantitative estimate of drug-likeness (QED) is 0.582. The summed E-state index contributed by atoms with van der Waals surface area (Å²) in [6, 6.07) is 8.81. The van der Waals surface area contributed by atoms with Gasteiger partial charge in [-0.1, -0.05) is 35.3 Å². The van der Waals surface area contributed by atoms with Crippen LogP contribution in [0.5, 0.6) is 11.6 Å². The summed E-state index contributed by atoms with van der Waals surface area (Å²) in [4.78, 5) is 32.0. The van der Waals surface area contributed by atoms with E-state index in [-0.39, 0.29) is 22.0 Å². The molecule has 1 aromatic carbocycles. The van der Waals surface area contributed by atoms with Gasteiger partial charge in [0, 0.05) is 18.5 Å². The van der Waals surface area contributed by atoms with Gasteiger partial charge in [-0.05, 0) is 30.7 Å². The van der Waals surface area contributed by atoms with Crippen LogP contribution in [0, 0.1) is 0 Å². The Balaban J connectivity index is 1.84. The van der Waals surface area contributed by atoms with Gasteiger partial charge in [0.25, 0.3) is 5.91 Å². The summed E-state index contributed by atoms with van der Waals surface area (Å²) in [5.41, 5.74) is 0.874. The van der Waals surface area contributed by atoms with Crippen LogP contribution in [0.3, 0.4) is 0 Å². The maximum absolute atomic E-state index is 12.8. The van der Waals surface area contributed by atoms with Crippen molar-refractivity contribution in [2.24, 2.45) is 0 Å². The number of rotatable bonds is 6. The van der Waals surface area contributed by atoms with E-state index in [2.05, 4.69) is 15.3 Å². The van der Waals surface area contributed by atoms with Crippen molar-refractivity contribution in [1.29, 1.82) is 0 Å². The van der Waals surface area contributed by atoms with Crippen LogP contribution >= 0.6 is 23.2 Å². The van der Waals surface area contributed by atoms with E-state index in [4.69, 9.17) is 33.0 Å². The summed E-state index contributed by atoms with van der Waals surface area (Å²) in [7, 11) is 0. The second-order valence-corrected chi connectivity index (χ2v) is 6.95. The molecule has 0 fully saturated rings. The molecule has 9 heteroatoms. The van der Waals surface area contributed by atoms with Gasteiger partial charge in [0.2, 0.25) is 5.88 Å². The lowest BCUT2D eigenvalue weighted by molar-refractivity contribution is 0.0696. The highest BCUT2D eigenvalue weighted by Gasteiger charge is 2.19. The molecule has 0 aliphatic carbocycles. The summed E-state index contributed by atoms with van der Waals surface area (Å²) >= 11 is 11.9. The van der Waals surface area contributed by atoms with E-state index in [1.165, 1.54) is 42.9 Å². The zero-order valence-corrected chi connectivity index (χ0v) is 16.6. The van der Waals surface area contributed by atoms with Crippen molar-refractivity contribution < 1.29 is 19.4 Å². The molecule has 0 spiro atoms. The molecule has 3 rings (SSSR count). The van der Waals surface area contributed by atoms with Crippen molar-refractivity contribution in [3.05, 3.63) is 81.7 Å². The van der Waals surface area contributed by atoms with Crippen molar-refractivity contribution in [3.8, 4) is 11.6 Å². The number of carbonyl (C=O) groups is 2. The standard InChI is InChI=1S/C20H15Cl2N3O4/c1-11(12-3-2-4-13(5-12)20(27)28)25-18(26)17-7-15(22)9-24-19(17)29-16-6-14(21)8-23-10-16/h2-11H,1H3,(H,25,26)(H,27,28)/t11-/m0/s1. The van der Waals surface area contributed by atoms with Gasteiger partial charge in [0.1, 0.15) is 11.3 Å². The molecule has 148 valence electrons. The van der Waals surface area contributed by atoms with Crippen LogP contribution in [0.1, 0.15) is 39.2 Å². The van der Waals surface area contributed by atoms with E-state index < -0.39 is 17.9 Å². The lowest BCUT2D eigenvalue weighted by Gasteiger charge is -2.16. The summed E-state index contributed by atoms with van der Waals surface area (Å²) < 4.78 is 5.65. The number of nitrogens with zero attached hydrogens (tertiary/aromatic N) is 2. The molecule has 3 aromatic rings. The molecular formula is C20H15Cl2N3O4. The number of hydrogen-bond donors (Lipinski definition) is 2. The third kappa shape index (κ3) is 5.22. The molecule has 0 unspecified atom stereocenters. The molecule has 7 nitrogen and oxygen atoms in total. The molecule has 0 radical (unpaired) electrons. The highest BCUT2D eigenvalue weighted by molar-refractivity contribution is 6.31. The number of halogens is 2. The first-order valence-electron chi connectivity index (χ1n) is 8.41. The highest BCUT2D eigenvalue weighted by atomic mass is 35.5. The number of hydrogen-bond acceptors (Lipinski definition) is 5. The topological polar surface area (TPSA) is 101 Å². The molecule has 0 saturated carbocycles. The Hall–Kier alpha value is -3.16. The molecule has 1 amide bonds. The Morgan fingerprint density at radius 1 is 1.10 bits per heavy atom. The third-order valence-electron chi connectivity index (χ3n) is 3.94. The average Bonchev–Trinajstić information content (AvgIpc) is 2.69. The molecule has 29 heavy (non-hydrogen) atoms. The van der Waals surface area contributed by atoms with E-state index in [9.17, 15) is 9.59 Å². The summed E-state index contributed by atoms with van der Waals surface area (Å²) in [5, 5.41) is 12.6. The second kappa shape index (κ2) is 8.89. The molecule has 2 heterocycles. The molecule has 2 aromatic heterocycles. The highest BCUT2D eigenvalue weighted by Crippen LogP contribution is 2.27. The number of carboxylic acid groups (broad SMARTS) is 1. The molecular weight excluding hydrogens is 417 g/mol. The minimum Gasteiger partial charge on any atom is -0.478 e. The van der Waals surface area contributed by atoms with Crippen LogP contribution in [-0.2, 0) is 0 Å². The maximum Gasteiger partial charge on any atom is 0.335 e. The first-order valence-corrected chi connectivity index (χ1v) is 9.17. The number of benzene rings is 1. The average molecular weight is 432 g/mol. The van der Waals surface area contributed by atoms with Crippen LogP contribution < -0.4 is 10.1 Å². The lowest BCUT2D eigenvalue weighted by atomic mass is 10.0. The van der Waals surface area contributed by atoms with Gasteiger partial charge in [-0.15, -0.1) is 0 Å². The van der Waals surface area contributed by atoms with E-state index in [0.29, 0.717) is 16.3 Å². The first kappa shape index (κ1) is 20.6. The van der Waals surface area contributed by atoms with Crippen molar-refractivity contribution in [2.45, 2.75) is 13.0 Å². The van der Waals surface area contributed by atoms with Gasteiger partial charge >= 0.3 is 5.97 Å². The van der Waals surface area contributed by atoms with Crippen LogP contribution in [0.4, 0.5) is 0 Å². The molecule has 0 aliphatic rings. The molecule has 0 aliphatic heterocycles. The molecule has 1 atom stereocenters. The van der Waals surface area contributed by atoms with Crippen molar-refractivity contribution in [3.63, 3.8) is 0 Å². The van der Waals surface area contributed by atoms with Crippen molar-refractivity contribution >= 4 is 35.1 Å². The van der Waals surface area contributed by atoms with E-state index >= 15 is 0 Å². The minimum atomic E-state index is -1.05. The molecule has 2 N–H and O–H groups in total. The second-order valence-electron chi connectivity index (χ2n) is 6.07. The van der Waals surface area contributed by atoms with Crippen LogP contribution in [0.25, 0.3) is 0 Å². The van der Waals surface area contributed by atoms with Gasteiger partial charge < -0.3 is 15.2 Å². The van der Waals surface area contributed by atoms with Crippen LogP contribution in [0.2, 0.25) is 10.0 Å². The summed E-state index contributed by atoms with van der Waals surface area (Å²) in [5.74, 6) is -1.19. The SMILES string of the molecule is C[C@H](NC(=O)c1cc(Cl)cnc1Oc1cncc(Cl)c1)c1cccc(C(=O)O)c1. The zero-order valence-electron chi connectivity index (χ0n) is 15.1. The number of aromatic carboxylic acids is 1. The Morgan fingerprint density at radius 3 is 2.59 bits per heavy atom. The van der Waals surface area contributed by atoms with Crippen LogP contribution in [-0.4, -0.2) is 27.0 Å². The fourth-order valence-electron chi connectivity index (χ4n) is 2.53. The summed E-state index contributed by atoms with van der Waals surface area (Å²) in [6.45, 7) is 1.73. The molecule has 0 saturated heterocycles. The number of amides is 1. The van der Waals surface area contributed by atoms with Gasteiger partial charge in [-0.3, -0.25) is 9.78 Å². The number of carbonyl (C=O) groups excluding carboxylic acids is 1. The largest absolute Gasteiger partial charge is 0.478 e. The summed E-state index contributed by atoms with van der Waals surface area (Å²) in [6.07, 6.45) is 4.24. The number of carboxylic acids is 1. The van der Waals surface area contributed by atoms with Gasteiger partial charge in [-0.25, -0.2) is 9.78 Å². The van der Waals surface area contributed by atoms with E-state index in [1.54, 1.807) is 19.1 Å². The predicted octanol–water partition coefficient (Wildman–Crippen LogP) is 4.76. The maximum atomic E-state index is 12.8. The predicted molar refractivity (Wildman–Crippen MR) is 108 cm³/mol. The molecule has 0 bridgehead atoms. The fourth-order valence-corrected chi connectivity index (χ4v) is 2.85. The van der Waals surface area contributed by atoms with Gasteiger partial charge in [-0.2, -0.15) is 0 Å². The van der Waals surface area contributed by atoms with Gasteiger partial charge in [0.05, 0.1) is 27.8 Å². The van der Waals surface area contributed by atoms with E-state index in [1.807, 2.05) is 0 Å². The zero-order chi connectivity index (χ0) is 21.0. The Kier molecular flexibility index (Phi) is 6.31. The number of pyridine rings is 2. The Morgan fingerprint density at radius 2 is 1.86 bits per heavy atom. The minimum absolute atomic E-state index is 0.0300. The number of ether oxygens (including phenoxy) is 1. The number of aromatic nitrogens is 2. The van der Waals surface area contributed by atoms with Gasteiger partial charge in [0.15, 0.2) is 0 Å². The van der Waals surface area contributed by atoms with Crippen LogP contribution in [0.15, 0.2) is 55.0 Å². The van der Waals surface area contributed by atoms with E-state index in [0.717, 1.165) is 0 Å². The third-order valence-corrected chi connectivity index (χ3v) is 4.35. The Bertz CT molecular complexity index is 1080. The smallest absolute Gasteiger partial charge is 0.335 e. The first-order chi connectivity index (χ1) is 13.8. The van der Waals surface area contributed by atoms with Crippen molar-refractivity contribution in [1.82, 2.24) is 15.3 Å².